The lowest BCUT2D eigenvalue weighted by atomic mass is 10.2. The van der Waals surface area contributed by atoms with Gasteiger partial charge in [0.15, 0.2) is 0 Å². The van der Waals surface area contributed by atoms with Gasteiger partial charge in [0.05, 0.1) is 17.2 Å². The molecule has 0 spiro atoms. The molecule has 7 heteroatoms. The second kappa shape index (κ2) is 6.37. The number of anilines is 1. The van der Waals surface area contributed by atoms with E-state index in [0.717, 1.165) is 4.68 Å². The predicted octanol–water partition coefficient (Wildman–Crippen LogP) is 2.96. The molecule has 0 bridgehead atoms. The van der Waals surface area contributed by atoms with Crippen LogP contribution in [0.2, 0.25) is 0 Å². The number of fused-ring (bicyclic) bond motifs is 1. The molecule has 1 aromatic heterocycles. The molecule has 5 nitrogen and oxygen atoms in total. The minimum absolute atomic E-state index is 0.145. The van der Waals surface area contributed by atoms with Gasteiger partial charge >= 0.3 is 0 Å². The van der Waals surface area contributed by atoms with Crippen molar-refractivity contribution < 1.29 is 8.78 Å². The van der Waals surface area contributed by atoms with Crippen LogP contribution in [0.5, 0.6) is 0 Å². The van der Waals surface area contributed by atoms with Crippen molar-refractivity contribution in [1.29, 1.82) is 0 Å². The van der Waals surface area contributed by atoms with Crippen molar-refractivity contribution in [2.45, 2.75) is 19.4 Å². The van der Waals surface area contributed by atoms with E-state index in [0.29, 0.717) is 12.1 Å². The molecule has 1 atom stereocenters. The molecule has 0 aliphatic heterocycles. The van der Waals surface area contributed by atoms with Gasteiger partial charge in [0, 0.05) is 0 Å². The van der Waals surface area contributed by atoms with Crippen LogP contribution in [-0.4, -0.2) is 9.66 Å². The van der Waals surface area contributed by atoms with E-state index in [9.17, 15) is 13.6 Å². The number of aromatic nitrogens is 2. The van der Waals surface area contributed by atoms with Gasteiger partial charge in [-0.15, -0.1) is 0 Å². The molecule has 0 aliphatic rings. The Bertz CT molecular complexity index is 955. The molecule has 3 N–H and O–H groups in total. The van der Waals surface area contributed by atoms with Crippen LogP contribution in [0, 0.1) is 11.6 Å². The molecule has 24 heavy (non-hydrogen) atoms. The Labute approximate surface area is 136 Å². The zero-order chi connectivity index (χ0) is 17.3. The summed E-state index contributed by atoms with van der Waals surface area (Å²) >= 11 is 0. The summed E-state index contributed by atoms with van der Waals surface area (Å²) in [6.45, 7) is 1.85. The Morgan fingerprint density at radius 2 is 2.00 bits per heavy atom. The summed E-state index contributed by atoms with van der Waals surface area (Å²) in [6.07, 6.45) is 0.526. The number of hydrogen-bond acceptors (Lipinski definition) is 4. The van der Waals surface area contributed by atoms with Crippen LogP contribution < -0.4 is 16.7 Å². The van der Waals surface area contributed by atoms with E-state index < -0.39 is 23.2 Å². The van der Waals surface area contributed by atoms with Gasteiger partial charge in [-0.2, -0.15) is 0 Å². The van der Waals surface area contributed by atoms with E-state index >= 15 is 0 Å². The zero-order valence-corrected chi connectivity index (χ0v) is 13.0. The summed E-state index contributed by atoms with van der Waals surface area (Å²) in [5.74, 6) is -0.879. The number of hydrogen-bond donors (Lipinski definition) is 2. The number of halogens is 2. The summed E-state index contributed by atoms with van der Waals surface area (Å²) in [4.78, 5) is 17.1. The fourth-order valence-corrected chi connectivity index (χ4v) is 2.43. The Morgan fingerprint density at radius 1 is 1.25 bits per heavy atom. The van der Waals surface area contributed by atoms with Gasteiger partial charge in [-0.05, 0) is 36.8 Å². The smallest absolute Gasteiger partial charge is 0.283 e. The predicted molar refractivity (Wildman–Crippen MR) is 88.6 cm³/mol. The number of nitrogens with zero attached hydrogens (tertiary/aromatic N) is 2. The highest BCUT2D eigenvalue weighted by Gasteiger charge is 2.18. The highest BCUT2D eigenvalue weighted by atomic mass is 19.1. The summed E-state index contributed by atoms with van der Waals surface area (Å²) < 4.78 is 28.5. The molecule has 0 saturated carbocycles. The molecule has 3 rings (SSSR count). The number of rotatable bonds is 4. The number of benzene rings is 2. The van der Waals surface area contributed by atoms with Gasteiger partial charge in [-0.3, -0.25) is 10.2 Å². The van der Waals surface area contributed by atoms with Gasteiger partial charge in [0.2, 0.25) is 0 Å². The minimum Gasteiger partial charge on any atom is -0.321 e. The minimum atomic E-state index is -0.670. The molecule has 0 saturated heterocycles. The Hall–Kier alpha value is -2.80. The van der Waals surface area contributed by atoms with Crippen LogP contribution >= 0.6 is 0 Å². The first-order valence-electron chi connectivity index (χ1n) is 7.50. The third kappa shape index (κ3) is 2.85. The molecule has 0 aliphatic carbocycles. The highest BCUT2D eigenvalue weighted by molar-refractivity contribution is 5.78. The normalized spacial score (nSPS) is 12.3. The molecule has 2 aromatic carbocycles. The quantitative estimate of drug-likeness (QED) is 0.771. The zero-order valence-electron chi connectivity index (χ0n) is 13.0. The van der Waals surface area contributed by atoms with Crippen molar-refractivity contribution in [3.63, 3.8) is 0 Å². The summed E-state index contributed by atoms with van der Waals surface area (Å²) in [5.41, 5.74) is 8.76. The van der Waals surface area contributed by atoms with E-state index in [1.54, 1.807) is 12.1 Å². The average Bonchev–Trinajstić information content (AvgIpc) is 2.56. The van der Waals surface area contributed by atoms with Crippen LogP contribution in [0.1, 0.15) is 25.2 Å². The second-order valence-electron chi connectivity index (χ2n) is 5.38. The highest BCUT2D eigenvalue weighted by Crippen LogP contribution is 2.18. The number of nitrogens with two attached hydrogens (primary N) is 1. The lowest BCUT2D eigenvalue weighted by Gasteiger charge is -2.18. The van der Waals surface area contributed by atoms with Crippen LogP contribution in [0.15, 0.2) is 47.3 Å². The topological polar surface area (TPSA) is 72.9 Å². The van der Waals surface area contributed by atoms with Crippen molar-refractivity contribution in [3.05, 3.63) is 70.3 Å². The van der Waals surface area contributed by atoms with E-state index in [4.69, 9.17) is 5.73 Å². The summed E-state index contributed by atoms with van der Waals surface area (Å²) in [7, 11) is 0. The standard InChI is InChI=1S/C17H16F2N4O/c1-2-13(20)16-21-14-8-4-7-12(19)15(14)17(24)23(16)22-11-6-3-5-10(18)9-11/h3-9,13,22H,2,20H2,1H3/t13-/m0/s1. The van der Waals surface area contributed by atoms with E-state index in [2.05, 4.69) is 10.4 Å². The van der Waals surface area contributed by atoms with E-state index in [1.807, 2.05) is 6.92 Å². The molecular weight excluding hydrogens is 314 g/mol. The van der Waals surface area contributed by atoms with Crippen molar-refractivity contribution in [2.24, 2.45) is 5.73 Å². The third-order valence-corrected chi connectivity index (χ3v) is 3.71. The Morgan fingerprint density at radius 3 is 2.71 bits per heavy atom. The van der Waals surface area contributed by atoms with Crippen molar-refractivity contribution in [1.82, 2.24) is 9.66 Å². The molecule has 0 fully saturated rings. The van der Waals surface area contributed by atoms with Crippen LogP contribution in [0.25, 0.3) is 10.9 Å². The lowest BCUT2D eigenvalue weighted by molar-refractivity contribution is 0.600. The van der Waals surface area contributed by atoms with Gasteiger partial charge in [-0.25, -0.2) is 18.4 Å². The maximum absolute atomic E-state index is 14.1. The monoisotopic (exact) mass is 330 g/mol. The first kappa shape index (κ1) is 16.1. The maximum atomic E-state index is 14.1. The van der Waals surface area contributed by atoms with Crippen LogP contribution in [-0.2, 0) is 0 Å². The molecule has 3 aromatic rings. The van der Waals surface area contributed by atoms with Crippen LogP contribution in [0.4, 0.5) is 14.5 Å². The molecule has 0 unspecified atom stereocenters. The molecule has 0 amide bonds. The van der Waals surface area contributed by atoms with Crippen LogP contribution in [0.3, 0.4) is 0 Å². The molecule has 124 valence electrons. The van der Waals surface area contributed by atoms with Gasteiger partial charge in [0.1, 0.15) is 22.8 Å². The van der Waals surface area contributed by atoms with Gasteiger partial charge in [-0.1, -0.05) is 19.1 Å². The number of nitrogens with one attached hydrogen (secondary N) is 1. The molecular formula is C17H16F2N4O. The molecule has 1 heterocycles. The summed E-state index contributed by atoms with van der Waals surface area (Å²) in [6, 6.07) is 9.28. The maximum Gasteiger partial charge on any atom is 0.283 e. The van der Waals surface area contributed by atoms with Gasteiger partial charge in [0.25, 0.3) is 5.56 Å². The SMILES string of the molecule is CC[C@H](N)c1nc2cccc(F)c2c(=O)n1Nc1cccc(F)c1. The summed E-state index contributed by atoms with van der Waals surface area (Å²) in [5, 5.41) is -0.145. The van der Waals surface area contributed by atoms with E-state index in [1.165, 1.54) is 30.3 Å². The Kier molecular flexibility index (Phi) is 4.26. The second-order valence-corrected chi connectivity index (χ2v) is 5.38. The van der Waals surface area contributed by atoms with Crippen molar-refractivity contribution >= 4 is 16.6 Å². The average molecular weight is 330 g/mol. The third-order valence-electron chi connectivity index (χ3n) is 3.71. The van der Waals surface area contributed by atoms with E-state index in [-0.39, 0.29) is 16.7 Å². The largest absolute Gasteiger partial charge is 0.321 e. The van der Waals surface area contributed by atoms with Crippen molar-refractivity contribution in [3.8, 4) is 0 Å². The lowest BCUT2D eigenvalue weighted by Crippen LogP contribution is -2.34. The Balaban J connectivity index is 2.25. The fourth-order valence-electron chi connectivity index (χ4n) is 2.43. The first-order valence-corrected chi connectivity index (χ1v) is 7.50. The van der Waals surface area contributed by atoms with Gasteiger partial charge < -0.3 is 5.73 Å². The van der Waals surface area contributed by atoms with Crippen molar-refractivity contribution in [2.75, 3.05) is 5.43 Å². The first-order chi connectivity index (χ1) is 11.5. The fraction of sp³-hybridized carbons (Fsp3) is 0.176. The molecule has 0 radical (unpaired) electrons.